The number of aromatic nitrogens is 4. The van der Waals surface area contributed by atoms with Gasteiger partial charge in [0.05, 0.1) is 0 Å². The van der Waals surface area contributed by atoms with E-state index in [1.54, 1.807) is 16.6 Å². The van der Waals surface area contributed by atoms with Gasteiger partial charge in [-0.2, -0.15) is 22.2 Å². The van der Waals surface area contributed by atoms with Crippen LogP contribution in [0, 0.1) is 0 Å². The number of carbonyl (C=O) groups is 1. The molecule has 2 aromatic heterocycles. The molecule has 0 aliphatic carbocycles. The normalized spacial score (nSPS) is 10.8. The molecule has 0 saturated heterocycles. The van der Waals surface area contributed by atoms with E-state index in [1.165, 1.54) is 0 Å². The minimum Gasteiger partial charge on any atom is -0.355 e. The molecule has 0 spiro atoms. The van der Waals surface area contributed by atoms with Crippen molar-refractivity contribution < 1.29 is 4.79 Å². The number of hydrogen-bond acceptors (Lipinski definition) is 5. The molecule has 0 saturated carbocycles. The van der Waals surface area contributed by atoms with Crippen molar-refractivity contribution in [3.05, 3.63) is 23.1 Å². The van der Waals surface area contributed by atoms with Crippen LogP contribution in [0.4, 0.5) is 0 Å². The quantitative estimate of drug-likeness (QED) is 0.796. The Hall–Kier alpha value is -1.34. The van der Waals surface area contributed by atoms with Gasteiger partial charge in [0.25, 0.3) is 0 Å². The van der Waals surface area contributed by atoms with Gasteiger partial charge >= 0.3 is 0 Å². The molecular weight excluding hydrogens is 274 g/mol. The summed E-state index contributed by atoms with van der Waals surface area (Å²) in [7, 11) is 0. The lowest BCUT2D eigenvalue weighted by molar-refractivity contribution is -0.120. The third-order valence-electron chi connectivity index (χ3n) is 2.30. The molecule has 1 amide bonds. The van der Waals surface area contributed by atoms with Gasteiger partial charge in [-0.3, -0.25) is 4.79 Å². The molecule has 0 unspecified atom stereocenters. The highest BCUT2D eigenvalue weighted by molar-refractivity contribution is 7.80. The molecule has 18 heavy (non-hydrogen) atoms. The minimum absolute atomic E-state index is 0.0390. The number of fused-ring (bicyclic) bond motifs is 1. The van der Waals surface area contributed by atoms with Crippen LogP contribution in [-0.4, -0.2) is 38.0 Å². The Balaban J connectivity index is 2.03. The van der Waals surface area contributed by atoms with Crippen molar-refractivity contribution in [2.24, 2.45) is 0 Å². The van der Waals surface area contributed by atoms with Crippen LogP contribution in [0.5, 0.6) is 0 Å². The van der Waals surface area contributed by atoms with Crippen LogP contribution in [0.3, 0.4) is 0 Å². The molecule has 0 aliphatic rings. The van der Waals surface area contributed by atoms with Crippen LogP contribution in [0.15, 0.2) is 12.1 Å². The Morgan fingerprint density at radius 2 is 2.28 bits per heavy atom. The van der Waals surface area contributed by atoms with Gasteiger partial charge in [0.15, 0.2) is 11.5 Å². The van der Waals surface area contributed by atoms with E-state index in [0.29, 0.717) is 41.8 Å². The zero-order valence-electron chi connectivity index (χ0n) is 9.51. The van der Waals surface area contributed by atoms with Gasteiger partial charge < -0.3 is 5.32 Å². The van der Waals surface area contributed by atoms with E-state index in [4.69, 9.17) is 11.6 Å². The molecular formula is C10H12ClN5OS. The smallest absolute Gasteiger partial charge is 0.220 e. The van der Waals surface area contributed by atoms with Crippen molar-refractivity contribution in [3.63, 3.8) is 0 Å². The number of thiol groups is 1. The Bertz CT molecular complexity index is 558. The van der Waals surface area contributed by atoms with Gasteiger partial charge in [0.1, 0.15) is 5.15 Å². The van der Waals surface area contributed by atoms with Crippen LogP contribution in [0.2, 0.25) is 5.15 Å². The molecule has 2 rings (SSSR count). The van der Waals surface area contributed by atoms with Crippen molar-refractivity contribution in [1.82, 2.24) is 25.1 Å². The van der Waals surface area contributed by atoms with Crippen LogP contribution in [-0.2, 0) is 11.2 Å². The number of rotatable bonds is 5. The summed E-state index contributed by atoms with van der Waals surface area (Å²) in [5.74, 6) is 1.20. The fourth-order valence-corrected chi connectivity index (χ4v) is 1.73. The average Bonchev–Trinajstić information content (AvgIpc) is 2.76. The van der Waals surface area contributed by atoms with E-state index in [9.17, 15) is 4.79 Å². The predicted molar refractivity (Wildman–Crippen MR) is 71.0 cm³/mol. The summed E-state index contributed by atoms with van der Waals surface area (Å²) in [6.07, 6.45) is 0.801. The molecule has 0 bridgehead atoms. The summed E-state index contributed by atoms with van der Waals surface area (Å²) in [6, 6.07) is 3.38. The second-order valence-corrected chi connectivity index (χ2v) is 4.45. The van der Waals surface area contributed by atoms with E-state index in [-0.39, 0.29) is 5.91 Å². The number of hydrogen-bond donors (Lipinski definition) is 2. The van der Waals surface area contributed by atoms with Crippen molar-refractivity contribution in [2.75, 3.05) is 12.3 Å². The zero-order valence-corrected chi connectivity index (χ0v) is 11.2. The Labute approximate surface area is 114 Å². The molecule has 0 radical (unpaired) electrons. The summed E-state index contributed by atoms with van der Waals surface area (Å²) in [6.45, 7) is 0.562. The molecule has 2 aromatic rings. The molecule has 0 aliphatic heterocycles. The number of halogens is 1. The molecule has 1 N–H and O–H groups in total. The Morgan fingerprint density at radius 3 is 3.06 bits per heavy atom. The molecule has 96 valence electrons. The second-order valence-electron chi connectivity index (χ2n) is 3.62. The lowest BCUT2D eigenvalue weighted by atomic mass is 10.3. The number of nitrogens with zero attached hydrogens (tertiary/aromatic N) is 4. The minimum atomic E-state index is -0.0390. The van der Waals surface area contributed by atoms with E-state index in [0.717, 1.165) is 0 Å². The highest BCUT2D eigenvalue weighted by Crippen LogP contribution is 2.08. The van der Waals surface area contributed by atoms with Crippen molar-refractivity contribution >= 4 is 35.8 Å². The maximum absolute atomic E-state index is 11.5. The van der Waals surface area contributed by atoms with E-state index in [2.05, 4.69) is 33.2 Å². The monoisotopic (exact) mass is 285 g/mol. The largest absolute Gasteiger partial charge is 0.355 e. The number of amides is 1. The SMILES string of the molecule is O=C(CCc1nnc2ccc(Cl)nn12)NCCS. The number of aryl methyl sites for hydroxylation is 1. The van der Waals surface area contributed by atoms with Gasteiger partial charge in [0.2, 0.25) is 5.91 Å². The van der Waals surface area contributed by atoms with Crippen molar-refractivity contribution in [2.45, 2.75) is 12.8 Å². The van der Waals surface area contributed by atoms with Crippen LogP contribution >= 0.6 is 24.2 Å². The van der Waals surface area contributed by atoms with Crippen LogP contribution in [0.1, 0.15) is 12.2 Å². The first-order valence-electron chi connectivity index (χ1n) is 5.45. The second kappa shape index (κ2) is 6.01. The first-order chi connectivity index (χ1) is 8.70. The van der Waals surface area contributed by atoms with Gasteiger partial charge in [0, 0.05) is 25.1 Å². The van der Waals surface area contributed by atoms with Gasteiger partial charge in [-0.05, 0) is 12.1 Å². The summed E-state index contributed by atoms with van der Waals surface area (Å²) in [5, 5.41) is 15.1. The van der Waals surface area contributed by atoms with Crippen LogP contribution in [0.25, 0.3) is 5.65 Å². The fourth-order valence-electron chi connectivity index (χ4n) is 1.48. The van der Waals surface area contributed by atoms with E-state index < -0.39 is 0 Å². The number of nitrogens with one attached hydrogen (secondary N) is 1. The van der Waals surface area contributed by atoms with Crippen LogP contribution < -0.4 is 5.32 Å². The third kappa shape index (κ3) is 3.11. The van der Waals surface area contributed by atoms with E-state index >= 15 is 0 Å². The van der Waals surface area contributed by atoms with Gasteiger partial charge in [-0.25, -0.2) is 0 Å². The molecule has 2 heterocycles. The standard InChI is InChI=1S/C10H12ClN5OS/c11-7-1-2-8-13-14-9(16(8)15-7)3-4-10(17)12-5-6-18/h1-2,18H,3-6H2,(H,12,17). The van der Waals surface area contributed by atoms with E-state index in [1.807, 2.05) is 0 Å². The van der Waals surface area contributed by atoms with Gasteiger partial charge in [-0.1, -0.05) is 11.6 Å². The molecule has 0 fully saturated rings. The maximum Gasteiger partial charge on any atom is 0.220 e. The predicted octanol–water partition coefficient (Wildman–Crippen LogP) is 0.756. The summed E-state index contributed by atoms with van der Waals surface area (Å²) >= 11 is 9.82. The zero-order chi connectivity index (χ0) is 13.0. The Morgan fingerprint density at radius 1 is 1.44 bits per heavy atom. The average molecular weight is 286 g/mol. The number of carbonyl (C=O) groups excluding carboxylic acids is 1. The topological polar surface area (TPSA) is 72.2 Å². The fraction of sp³-hybridized carbons (Fsp3) is 0.400. The first-order valence-corrected chi connectivity index (χ1v) is 6.46. The molecule has 8 heteroatoms. The van der Waals surface area contributed by atoms with Crippen molar-refractivity contribution in [3.8, 4) is 0 Å². The molecule has 0 aromatic carbocycles. The molecule has 6 nitrogen and oxygen atoms in total. The molecule has 0 atom stereocenters. The highest BCUT2D eigenvalue weighted by Gasteiger charge is 2.09. The summed E-state index contributed by atoms with van der Waals surface area (Å²) in [4.78, 5) is 11.5. The van der Waals surface area contributed by atoms with Gasteiger partial charge in [-0.15, -0.1) is 10.2 Å². The third-order valence-corrected chi connectivity index (χ3v) is 2.73. The lowest BCUT2D eigenvalue weighted by Crippen LogP contribution is -2.25. The summed E-state index contributed by atoms with van der Waals surface area (Å²) < 4.78 is 1.55. The first kappa shape index (κ1) is 13.1. The lowest BCUT2D eigenvalue weighted by Gasteiger charge is -2.02. The highest BCUT2D eigenvalue weighted by atomic mass is 35.5. The van der Waals surface area contributed by atoms with Crippen molar-refractivity contribution in [1.29, 1.82) is 0 Å². The maximum atomic E-state index is 11.5. The summed E-state index contributed by atoms with van der Waals surface area (Å²) in [5.41, 5.74) is 0.616. The Kier molecular flexibility index (Phi) is 4.38.